The van der Waals surface area contributed by atoms with Crippen molar-refractivity contribution in [2.24, 2.45) is 5.92 Å². The predicted octanol–water partition coefficient (Wildman–Crippen LogP) is 1.26. The SMILES string of the molecule is CC(C)CC(CNC(=O)Cn1cnc2ccccc2c1=O)N1CCOCC1. The Morgan fingerprint density at radius 3 is 2.74 bits per heavy atom. The summed E-state index contributed by atoms with van der Waals surface area (Å²) in [7, 11) is 0. The fraction of sp³-hybridized carbons (Fsp3) is 0.550. The fourth-order valence-corrected chi connectivity index (χ4v) is 3.51. The van der Waals surface area contributed by atoms with Crippen molar-refractivity contribution in [3.8, 4) is 0 Å². The van der Waals surface area contributed by atoms with Crippen molar-refractivity contribution in [2.45, 2.75) is 32.9 Å². The van der Waals surface area contributed by atoms with E-state index in [1.54, 1.807) is 18.2 Å². The molecule has 146 valence electrons. The molecule has 0 saturated carbocycles. The minimum Gasteiger partial charge on any atom is -0.379 e. The molecule has 0 bridgehead atoms. The zero-order valence-corrected chi connectivity index (χ0v) is 16.1. The Morgan fingerprint density at radius 1 is 1.26 bits per heavy atom. The largest absolute Gasteiger partial charge is 0.379 e. The molecule has 0 radical (unpaired) electrons. The second-order valence-electron chi connectivity index (χ2n) is 7.43. The van der Waals surface area contributed by atoms with Gasteiger partial charge in [-0.15, -0.1) is 0 Å². The molecule has 27 heavy (non-hydrogen) atoms. The maximum Gasteiger partial charge on any atom is 0.261 e. The Morgan fingerprint density at radius 2 is 2.00 bits per heavy atom. The normalized spacial score (nSPS) is 16.6. The number of hydrogen-bond acceptors (Lipinski definition) is 5. The van der Waals surface area contributed by atoms with Gasteiger partial charge in [0.05, 0.1) is 30.4 Å². The zero-order chi connectivity index (χ0) is 19.2. The van der Waals surface area contributed by atoms with Gasteiger partial charge in [0.25, 0.3) is 5.56 Å². The van der Waals surface area contributed by atoms with Gasteiger partial charge in [-0.25, -0.2) is 4.98 Å². The van der Waals surface area contributed by atoms with Gasteiger partial charge in [0.2, 0.25) is 5.91 Å². The number of aromatic nitrogens is 2. The Kier molecular flexibility index (Phi) is 6.58. The summed E-state index contributed by atoms with van der Waals surface area (Å²) in [5.41, 5.74) is 0.450. The Labute approximate surface area is 159 Å². The van der Waals surface area contributed by atoms with Crippen LogP contribution in [0.25, 0.3) is 10.9 Å². The van der Waals surface area contributed by atoms with Gasteiger partial charge in [-0.2, -0.15) is 0 Å². The van der Waals surface area contributed by atoms with E-state index in [0.29, 0.717) is 23.4 Å². The summed E-state index contributed by atoms with van der Waals surface area (Å²) in [5.74, 6) is 0.373. The topological polar surface area (TPSA) is 76.5 Å². The zero-order valence-electron chi connectivity index (χ0n) is 16.1. The van der Waals surface area contributed by atoms with Crippen LogP contribution in [-0.4, -0.2) is 59.2 Å². The summed E-state index contributed by atoms with van der Waals surface area (Å²) in [6.45, 7) is 8.19. The lowest BCUT2D eigenvalue weighted by molar-refractivity contribution is -0.122. The second kappa shape index (κ2) is 9.10. The first-order chi connectivity index (χ1) is 13.0. The summed E-state index contributed by atoms with van der Waals surface area (Å²) in [5, 5.41) is 3.53. The van der Waals surface area contributed by atoms with Crippen LogP contribution in [0, 0.1) is 5.92 Å². The van der Waals surface area contributed by atoms with Crippen molar-refractivity contribution < 1.29 is 9.53 Å². The molecule has 1 aliphatic heterocycles. The molecule has 1 amide bonds. The average molecular weight is 372 g/mol. The van der Waals surface area contributed by atoms with Crippen molar-refractivity contribution in [2.75, 3.05) is 32.8 Å². The molecule has 1 fully saturated rings. The molecule has 1 N–H and O–H groups in total. The average Bonchev–Trinajstić information content (AvgIpc) is 2.68. The molecular formula is C20H28N4O3. The third-order valence-corrected chi connectivity index (χ3v) is 4.89. The lowest BCUT2D eigenvalue weighted by atomic mass is 10.0. The molecule has 2 heterocycles. The number of fused-ring (bicyclic) bond motifs is 1. The molecule has 1 saturated heterocycles. The third kappa shape index (κ3) is 5.14. The molecule has 0 aliphatic carbocycles. The van der Waals surface area contributed by atoms with Crippen LogP contribution in [0.1, 0.15) is 20.3 Å². The number of ether oxygens (including phenoxy) is 1. The highest BCUT2D eigenvalue weighted by atomic mass is 16.5. The summed E-state index contributed by atoms with van der Waals surface area (Å²) in [4.78, 5) is 31.6. The van der Waals surface area contributed by atoms with E-state index in [-0.39, 0.29) is 24.1 Å². The van der Waals surface area contributed by atoms with Gasteiger partial charge in [-0.05, 0) is 24.5 Å². The highest BCUT2D eigenvalue weighted by Crippen LogP contribution is 2.13. The van der Waals surface area contributed by atoms with E-state index in [2.05, 4.69) is 29.0 Å². The monoisotopic (exact) mass is 372 g/mol. The van der Waals surface area contributed by atoms with Crippen LogP contribution in [0.15, 0.2) is 35.4 Å². The molecule has 1 unspecified atom stereocenters. The molecule has 2 aromatic rings. The molecular weight excluding hydrogens is 344 g/mol. The summed E-state index contributed by atoms with van der Waals surface area (Å²) < 4.78 is 6.80. The van der Waals surface area contributed by atoms with Crippen LogP contribution in [0.5, 0.6) is 0 Å². The smallest absolute Gasteiger partial charge is 0.261 e. The van der Waals surface area contributed by atoms with E-state index >= 15 is 0 Å². The number of carbonyl (C=O) groups is 1. The lowest BCUT2D eigenvalue weighted by Gasteiger charge is -2.35. The van der Waals surface area contributed by atoms with E-state index in [1.165, 1.54) is 10.9 Å². The number of benzene rings is 1. The van der Waals surface area contributed by atoms with Crippen LogP contribution in [0.4, 0.5) is 0 Å². The molecule has 1 aromatic carbocycles. The van der Waals surface area contributed by atoms with Gasteiger partial charge in [0, 0.05) is 25.7 Å². The van der Waals surface area contributed by atoms with Crippen LogP contribution < -0.4 is 10.9 Å². The summed E-state index contributed by atoms with van der Waals surface area (Å²) >= 11 is 0. The van der Waals surface area contributed by atoms with Crippen molar-refractivity contribution in [3.05, 3.63) is 40.9 Å². The van der Waals surface area contributed by atoms with Crippen molar-refractivity contribution in [1.29, 1.82) is 0 Å². The second-order valence-corrected chi connectivity index (χ2v) is 7.43. The molecule has 7 heteroatoms. The fourth-order valence-electron chi connectivity index (χ4n) is 3.51. The molecule has 0 spiro atoms. The minimum atomic E-state index is -0.192. The Bertz CT molecular complexity index is 827. The lowest BCUT2D eigenvalue weighted by Crippen LogP contribution is -2.49. The van der Waals surface area contributed by atoms with E-state index in [9.17, 15) is 9.59 Å². The highest BCUT2D eigenvalue weighted by Gasteiger charge is 2.22. The Balaban J connectivity index is 1.62. The van der Waals surface area contributed by atoms with Crippen LogP contribution in [0.2, 0.25) is 0 Å². The molecule has 1 aromatic heterocycles. The van der Waals surface area contributed by atoms with Gasteiger partial charge < -0.3 is 10.1 Å². The minimum absolute atomic E-state index is 0.0197. The molecule has 1 atom stereocenters. The maximum atomic E-state index is 12.5. The van der Waals surface area contributed by atoms with E-state index in [0.717, 1.165) is 32.7 Å². The first kappa shape index (κ1) is 19.5. The van der Waals surface area contributed by atoms with Crippen LogP contribution in [-0.2, 0) is 16.1 Å². The summed E-state index contributed by atoms with van der Waals surface area (Å²) in [6, 6.07) is 7.45. The number of carbonyl (C=O) groups excluding carboxylic acids is 1. The van der Waals surface area contributed by atoms with Gasteiger partial charge >= 0.3 is 0 Å². The third-order valence-electron chi connectivity index (χ3n) is 4.89. The van der Waals surface area contributed by atoms with Crippen LogP contribution >= 0.6 is 0 Å². The van der Waals surface area contributed by atoms with E-state index < -0.39 is 0 Å². The number of hydrogen-bond donors (Lipinski definition) is 1. The van der Waals surface area contributed by atoms with E-state index in [1.807, 2.05) is 6.07 Å². The number of nitrogens with zero attached hydrogens (tertiary/aromatic N) is 3. The highest BCUT2D eigenvalue weighted by molar-refractivity contribution is 5.78. The van der Waals surface area contributed by atoms with Gasteiger partial charge in [0.1, 0.15) is 6.54 Å². The van der Waals surface area contributed by atoms with Crippen molar-refractivity contribution in [3.63, 3.8) is 0 Å². The molecule has 7 nitrogen and oxygen atoms in total. The maximum absolute atomic E-state index is 12.5. The number of para-hydroxylation sites is 1. The number of rotatable bonds is 7. The predicted molar refractivity (Wildman–Crippen MR) is 105 cm³/mol. The van der Waals surface area contributed by atoms with Crippen LogP contribution in [0.3, 0.4) is 0 Å². The number of morpholine rings is 1. The van der Waals surface area contributed by atoms with Gasteiger partial charge in [-0.3, -0.25) is 19.1 Å². The van der Waals surface area contributed by atoms with Crippen molar-refractivity contribution >= 4 is 16.8 Å². The van der Waals surface area contributed by atoms with E-state index in [4.69, 9.17) is 4.74 Å². The van der Waals surface area contributed by atoms with Gasteiger partial charge in [0.15, 0.2) is 0 Å². The van der Waals surface area contributed by atoms with Crippen molar-refractivity contribution in [1.82, 2.24) is 19.8 Å². The molecule has 3 rings (SSSR count). The molecule has 1 aliphatic rings. The van der Waals surface area contributed by atoms with Gasteiger partial charge in [-0.1, -0.05) is 26.0 Å². The number of amides is 1. The quantitative estimate of drug-likeness (QED) is 0.792. The Hall–Kier alpha value is -2.25. The summed E-state index contributed by atoms with van der Waals surface area (Å²) in [6.07, 6.45) is 2.45. The first-order valence-electron chi connectivity index (χ1n) is 9.57. The standard InChI is InChI=1S/C20H28N4O3/c1-15(2)11-16(23-7-9-27-10-8-23)12-21-19(25)13-24-14-22-18-6-4-3-5-17(18)20(24)26/h3-6,14-16H,7-13H2,1-2H3,(H,21,25). The number of nitrogens with one attached hydrogen (secondary N) is 1. The first-order valence-corrected chi connectivity index (χ1v) is 9.57.